The number of rotatable bonds is 7. The van der Waals surface area contributed by atoms with E-state index in [1.54, 1.807) is 0 Å². The Morgan fingerprint density at radius 3 is 2.83 bits per heavy atom. The molecule has 3 heterocycles. The molecule has 0 saturated carbocycles. The molecule has 1 saturated heterocycles. The average Bonchev–Trinajstić information content (AvgIpc) is 3.16. The number of nitrogens with one attached hydrogen (secondary N) is 3. The minimum absolute atomic E-state index is 0.224. The Bertz CT molecular complexity index is 939. The van der Waals surface area contributed by atoms with Gasteiger partial charge in [0.1, 0.15) is 5.82 Å². The average molecular weight is 395 g/mol. The minimum Gasteiger partial charge on any atom is -0.391 e. The Labute approximate surface area is 171 Å². The third kappa shape index (κ3) is 4.52. The molecule has 1 aliphatic heterocycles. The molecule has 29 heavy (non-hydrogen) atoms. The first-order chi connectivity index (χ1) is 14.1. The number of β-amino-alcohol motifs (C(OH)–C–C–N with tert-alkyl or cyclic N) is 1. The quantitative estimate of drug-likeness (QED) is 0.493. The topological polar surface area (TPSA) is 86.5 Å². The van der Waals surface area contributed by atoms with Crippen molar-refractivity contribution in [2.75, 3.05) is 30.3 Å². The van der Waals surface area contributed by atoms with Gasteiger partial charge < -0.3 is 21.1 Å². The lowest BCUT2D eigenvalue weighted by atomic mass is 9.95. The van der Waals surface area contributed by atoms with Crippen LogP contribution in [0.3, 0.4) is 0 Å². The fourth-order valence-corrected chi connectivity index (χ4v) is 3.79. The highest BCUT2D eigenvalue weighted by atomic mass is 16.3. The summed E-state index contributed by atoms with van der Waals surface area (Å²) < 4.78 is 2.12. The zero-order valence-corrected chi connectivity index (χ0v) is 17.1. The van der Waals surface area contributed by atoms with Crippen molar-refractivity contribution in [2.45, 2.75) is 38.8 Å². The summed E-state index contributed by atoms with van der Waals surface area (Å²) in [7, 11) is 0. The number of aliphatic hydroxyl groups is 1. The summed E-state index contributed by atoms with van der Waals surface area (Å²) in [5.41, 5.74) is 3.17. The van der Waals surface area contributed by atoms with Crippen molar-refractivity contribution >= 4 is 17.3 Å². The van der Waals surface area contributed by atoms with E-state index in [0.29, 0.717) is 25.6 Å². The van der Waals surface area contributed by atoms with Crippen molar-refractivity contribution in [1.82, 2.24) is 19.7 Å². The van der Waals surface area contributed by atoms with Gasteiger partial charge in [0.15, 0.2) is 11.5 Å². The van der Waals surface area contributed by atoms with Crippen LogP contribution in [0.15, 0.2) is 42.7 Å². The Morgan fingerprint density at radius 2 is 2.07 bits per heavy atom. The number of aliphatic hydroxyl groups excluding tert-OH is 1. The number of anilines is 2. The van der Waals surface area contributed by atoms with E-state index in [1.807, 2.05) is 30.6 Å². The highest BCUT2D eigenvalue weighted by Crippen LogP contribution is 2.24. The highest BCUT2D eigenvalue weighted by molar-refractivity contribution is 5.66. The van der Waals surface area contributed by atoms with E-state index in [1.165, 1.54) is 5.56 Å². The van der Waals surface area contributed by atoms with E-state index < -0.39 is 0 Å². The fourth-order valence-electron chi connectivity index (χ4n) is 3.79. The van der Waals surface area contributed by atoms with Crippen molar-refractivity contribution in [3.63, 3.8) is 0 Å². The molecule has 3 aromatic rings. The second kappa shape index (κ2) is 8.80. The van der Waals surface area contributed by atoms with E-state index in [0.717, 1.165) is 35.9 Å². The molecule has 0 aliphatic carbocycles. The SMILES string of the molecule is CC(C)c1cnc2c(NCc3ccccc3)nc(NC[C@H]3CCNC[C@@H]3O)cn12. The maximum absolute atomic E-state index is 10.2. The summed E-state index contributed by atoms with van der Waals surface area (Å²) in [5, 5.41) is 20.3. The number of aromatic nitrogens is 3. The number of piperidine rings is 1. The van der Waals surface area contributed by atoms with Gasteiger partial charge in [0.05, 0.1) is 12.3 Å². The third-order valence-electron chi connectivity index (χ3n) is 5.55. The van der Waals surface area contributed by atoms with E-state index in [9.17, 15) is 5.11 Å². The molecule has 2 aromatic heterocycles. The molecule has 7 nitrogen and oxygen atoms in total. The second-order valence-electron chi connectivity index (χ2n) is 8.05. The monoisotopic (exact) mass is 394 g/mol. The summed E-state index contributed by atoms with van der Waals surface area (Å²) in [6, 6.07) is 10.3. The van der Waals surface area contributed by atoms with Crippen molar-refractivity contribution in [3.05, 3.63) is 54.0 Å². The summed E-state index contributed by atoms with van der Waals surface area (Å²) in [6.07, 6.45) is 4.57. The Hall–Kier alpha value is -2.64. The molecule has 154 valence electrons. The smallest absolute Gasteiger partial charge is 0.180 e. The van der Waals surface area contributed by atoms with Gasteiger partial charge in [-0.1, -0.05) is 44.2 Å². The van der Waals surface area contributed by atoms with E-state index in [-0.39, 0.29) is 12.0 Å². The molecule has 4 N–H and O–H groups in total. The van der Waals surface area contributed by atoms with Crippen LogP contribution in [0.4, 0.5) is 11.6 Å². The number of benzene rings is 1. The summed E-state index contributed by atoms with van der Waals surface area (Å²) in [6.45, 7) is 7.31. The Kier molecular flexibility index (Phi) is 5.97. The van der Waals surface area contributed by atoms with E-state index in [2.05, 4.69) is 51.3 Å². The van der Waals surface area contributed by atoms with E-state index in [4.69, 9.17) is 4.98 Å². The van der Waals surface area contributed by atoms with Gasteiger partial charge in [-0.2, -0.15) is 0 Å². The predicted molar refractivity (Wildman–Crippen MR) is 116 cm³/mol. The lowest BCUT2D eigenvalue weighted by Crippen LogP contribution is -2.43. The molecule has 7 heteroatoms. The lowest BCUT2D eigenvalue weighted by Gasteiger charge is -2.28. The first-order valence-corrected chi connectivity index (χ1v) is 10.4. The maximum Gasteiger partial charge on any atom is 0.180 e. The first kappa shape index (κ1) is 19.7. The predicted octanol–water partition coefficient (Wildman–Crippen LogP) is 2.85. The van der Waals surface area contributed by atoms with Gasteiger partial charge in [-0.25, -0.2) is 9.97 Å². The van der Waals surface area contributed by atoms with Gasteiger partial charge in [-0.15, -0.1) is 0 Å². The highest BCUT2D eigenvalue weighted by Gasteiger charge is 2.23. The number of imidazole rings is 1. The maximum atomic E-state index is 10.2. The molecule has 1 fully saturated rings. The van der Waals surface area contributed by atoms with Gasteiger partial charge >= 0.3 is 0 Å². The Morgan fingerprint density at radius 1 is 1.24 bits per heavy atom. The summed E-state index contributed by atoms with van der Waals surface area (Å²) in [5.74, 6) is 2.13. The van der Waals surface area contributed by atoms with Crippen molar-refractivity contribution in [2.24, 2.45) is 5.92 Å². The largest absolute Gasteiger partial charge is 0.391 e. The van der Waals surface area contributed by atoms with Crippen LogP contribution in [0.5, 0.6) is 0 Å². The van der Waals surface area contributed by atoms with Crippen LogP contribution in [0, 0.1) is 5.92 Å². The van der Waals surface area contributed by atoms with Crippen LogP contribution in [0.2, 0.25) is 0 Å². The molecule has 0 unspecified atom stereocenters. The Balaban J connectivity index is 1.58. The molecule has 1 aromatic carbocycles. The van der Waals surface area contributed by atoms with E-state index >= 15 is 0 Å². The number of hydrogen-bond donors (Lipinski definition) is 4. The standard InChI is InChI=1S/C22H30N6O/c1-15(2)18-12-26-22-21(25-10-16-6-4-3-5-7-16)27-20(14-28(18)22)24-11-17-8-9-23-13-19(17)29/h3-7,12,14-15,17,19,23-24,29H,8-11,13H2,1-2H3,(H,25,27)/t17-,19+/m1/s1. The van der Waals surface area contributed by atoms with Gasteiger partial charge in [-0.3, -0.25) is 4.40 Å². The van der Waals surface area contributed by atoms with Gasteiger partial charge in [0.2, 0.25) is 0 Å². The molecule has 0 radical (unpaired) electrons. The summed E-state index contributed by atoms with van der Waals surface area (Å²) >= 11 is 0. The lowest BCUT2D eigenvalue weighted by molar-refractivity contribution is 0.0883. The van der Waals surface area contributed by atoms with Gasteiger partial charge in [0, 0.05) is 37.4 Å². The van der Waals surface area contributed by atoms with Crippen LogP contribution in [-0.2, 0) is 6.54 Å². The number of hydrogen-bond acceptors (Lipinski definition) is 6. The van der Waals surface area contributed by atoms with Crippen LogP contribution >= 0.6 is 0 Å². The van der Waals surface area contributed by atoms with Crippen molar-refractivity contribution in [3.8, 4) is 0 Å². The number of nitrogens with zero attached hydrogens (tertiary/aromatic N) is 3. The van der Waals surface area contributed by atoms with Gasteiger partial charge in [0.25, 0.3) is 0 Å². The minimum atomic E-state index is -0.324. The second-order valence-corrected chi connectivity index (χ2v) is 8.05. The zero-order chi connectivity index (χ0) is 20.2. The van der Waals surface area contributed by atoms with Crippen LogP contribution < -0.4 is 16.0 Å². The van der Waals surface area contributed by atoms with Crippen LogP contribution in [0.25, 0.3) is 5.65 Å². The van der Waals surface area contributed by atoms with Crippen molar-refractivity contribution < 1.29 is 5.11 Å². The van der Waals surface area contributed by atoms with Crippen LogP contribution in [0.1, 0.15) is 37.4 Å². The van der Waals surface area contributed by atoms with Crippen molar-refractivity contribution in [1.29, 1.82) is 0 Å². The van der Waals surface area contributed by atoms with Gasteiger partial charge in [-0.05, 0) is 24.4 Å². The third-order valence-corrected chi connectivity index (χ3v) is 5.55. The molecule has 0 spiro atoms. The number of fused-ring (bicyclic) bond motifs is 1. The van der Waals surface area contributed by atoms with Crippen LogP contribution in [-0.4, -0.2) is 45.2 Å². The molecular weight excluding hydrogens is 364 g/mol. The first-order valence-electron chi connectivity index (χ1n) is 10.4. The molecule has 1 aliphatic rings. The fraction of sp³-hybridized carbons (Fsp3) is 0.455. The molecule has 0 bridgehead atoms. The zero-order valence-electron chi connectivity index (χ0n) is 17.1. The normalized spacial score (nSPS) is 19.6. The molecule has 0 amide bonds. The molecule has 4 rings (SSSR count). The molecule has 2 atom stereocenters. The molecular formula is C22H30N6O. The summed E-state index contributed by atoms with van der Waals surface area (Å²) in [4.78, 5) is 9.41.